The van der Waals surface area contributed by atoms with Gasteiger partial charge in [0.25, 0.3) is 0 Å². The maximum Gasteiger partial charge on any atom is 0.315 e. The monoisotopic (exact) mass is 285 g/mol. The summed E-state index contributed by atoms with van der Waals surface area (Å²) in [6.07, 6.45) is 1.03. The number of aliphatic imine (C=N–C) groups is 1. The quantitative estimate of drug-likeness (QED) is 0.802. The number of benzene rings is 1. The molecule has 0 saturated carbocycles. The maximum atomic E-state index is 12.3. The van der Waals surface area contributed by atoms with E-state index in [0.717, 1.165) is 5.56 Å². The molecule has 2 aliphatic heterocycles. The minimum absolute atomic E-state index is 0.0347. The Labute approximate surface area is 124 Å². The first-order valence-corrected chi connectivity index (χ1v) is 7.37. The predicted molar refractivity (Wildman–Crippen MR) is 79.1 cm³/mol. The van der Waals surface area contributed by atoms with Crippen LogP contribution in [0.5, 0.6) is 0 Å². The molecule has 110 valence electrons. The number of ether oxygens (including phenoxy) is 1. The fourth-order valence-electron chi connectivity index (χ4n) is 3.21. The smallest absolute Gasteiger partial charge is 0.315 e. The fraction of sp³-hybridized carbons (Fsp3) is 0.471. The van der Waals surface area contributed by atoms with Gasteiger partial charge in [-0.2, -0.15) is 0 Å². The molecule has 1 saturated heterocycles. The van der Waals surface area contributed by atoms with Crippen molar-refractivity contribution in [2.75, 3.05) is 6.61 Å². The van der Waals surface area contributed by atoms with Gasteiger partial charge in [0.1, 0.15) is 5.41 Å². The predicted octanol–water partition coefficient (Wildman–Crippen LogP) is 2.73. The van der Waals surface area contributed by atoms with Crippen LogP contribution < -0.4 is 0 Å². The van der Waals surface area contributed by atoms with Gasteiger partial charge in [0, 0.05) is 18.8 Å². The lowest BCUT2D eigenvalue weighted by atomic mass is 9.74. The number of cyclic esters (lactones) is 1. The zero-order valence-electron chi connectivity index (χ0n) is 12.3. The maximum absolute atomic E-state index is 12.3. The fourth-order valence-corrected chi connectivity index (χ4v) is 3.21. The number of rotatable bonds is 3. The number of carbonyl (C=O) groups excluding carboxylic acids is 2. The number of carbonyl (C=O) groups is 2. The summed E-state index contributed by atoms with van der Waals surface area (Å²) < 4.78 is 5.21. The van der Waals surface area contributed by atoms with Crippen molar-refractivity contribution in [1.82, 2.24) is 0 Å². The van der Waals surface area contributed by atoms with E-state index in [9.17, 15) is 9.59 Å². The largest absolute Gasteiger partial charge is 0.465 e. The van der Waals surface area contributed by atoms with Gasteiger partial charge < -0.3 is 4.74 Å². The first kappa shape index (κ1) is 14.0. The van der Waals surface area contributed by atoms with E-state index in [1.54, 1.807) is 0 Å². The molecule has 0 N–H and O–H groups in total. The molecule has 1 spiro atoms. The Morgan fingerprint density at radius 2 is 2.05 bits per heavy atom. The van der Waals surface area contributed by atoms with Crippen molar-refractivity contribution >= 4 is 17.5 Å². The minimum atomic E-state index is -0.679. The van der Waals surface area contributed by atoms with Crippen LogP contribution in [0.2, 0.25) is 0 Å². The third-order valence-electron chi connectivity index (χ3n) is 4.40. The number of nitrogens with zero attached hydrogens (tertiary/aromatic N) is 1. The molecule has 4 heteroatoms. The van der Waals surface area contributed by atoms with Gasteiger partial charge in [-0.05, 0) is 5.56 Å². The normalized spacial score (nSPS) is 28.0. The zero-order chi connectivity index (χ0) is 15.0. The van der Waals surface area contributed by atoms with Gasteiger partial charge in [-0.25, -0.2) is 0 Å². The Morgan fingerprint density at radius 1 is 1.33 bits per heavy atom. The highest BCUT2D eigenvalue weighted by atomic mass is 16.5. The van der Waals surface area contributed by atoms with Crippen LogP contribution in [0, 0.1) is 11.3 Å². The average Bonchev–Trinajstić information content (AvgIpc) is 3.04. The Morgan fingerprint density at radius 3 is 2.62 bits per heavy atom. The third kappa shape index (κ3) is 2.19. The molecule has 1 aromatic carbocycles. The number of esters is 1. The van der Waals surface area contributed by atoms with E-state index < -0.39 is 5.41 Å². The number of Topliss-reactive ketones (excluding diaryl/α,β-unsaturated/α-hetero) is 1. The van der Waals surface area contributed by atoms with Gasteiger partial charge in [-0.3, -0.25) is 14.6 Å². The number of ketones is 1. The highest BCUT2D eigenvalue weighted by Gasteiger charge is 2.56. The second-order valence-corrected chi connectivity index (χ2v) is 6.13. The average molecular weight is 285 g/mol. The lowest BCUT2D eigenvalue weighted by molar-refractivity contribution is -0.146. The lowest BCUT2D eigenvalue weighted by Crippen LogP contribution is -2.32. The molecular weight excluding hydrogens is 266 g/mol. The van der Waals surface area contributed by atoms with Crippen molar-refractivity contribution < 1.29 is 14.3 Å². The highest BCUT2D eigenvalue weighted by Crippen LogP contribution is 2.51. The summed E-state index contributed by atoms with van der Waals surface area (Å²) >= 11 is 0. The molecule has 3 rings (SSSR count). The molecule has 0 amide bonds. The summed E-state index contributed by atoms with van der Waals surface area (Å²) in [7, 11) is 0. The molecule has 1 aromatic rings. The summed E-state index contributed by atoms with van der Waals surface area (Å²) in [4.78, 5) is 29.2. The van der Waals surface area contributed by atoms with E-state index in [2.05, 4.69) is 4.99 Å². The molecule has 0 unspecified atom stereocenters. The van der Waals surface area contributed by atoms with Gasteiger partial charge in [0.2, 0.25) is 0 Å². The van der Waals surface area contributed by atoms with Crippen LogP contribution in [0.4, 0.5) is 0 Å². The van der Waals surface area contributed by atoms with Crippen molar-refractivity contribution in [2.24, 2.45) is 16.3 Å². The highest BCUT2D eigenvalue weighted by molar-refractivity contribution is 6.41. The van der Waals surface area contributed by atoms with Gasteiger partial charge in [0.05, 0.1) is 18.4 Å². The van der Waals surface area contributed by atoms with Crippen LogP contribution in [0.1, 0.15) is 38.3 Å². The van der Waals surface area contributed by atoms with Gasteiger partial charge >= 0.3 is 5.97 Å². The second kappa shape index (κ2) is 5.10. The first-order valence-electron chi connectivity index (χ1n) is 7.37. The summed E-state index contributed by atoms with van der Waals surface area (Å²) in [6.45, 7) is 4.14. The van der Waals surface area contributed by atoms with Gasteiger partial charge in [0.15, 0.2) is 5.78 Å². The Balaban J connectivity index is 2.03. The van der Waals surface area contributed by atoms with Crippen molar-refractivity contribution in [2.45, 2.75) is 32.7 Å². The standard InChI is InChI=1S/C17H19NO3/c1-11(2)14(19)13-10-17(8-9-21-16(17)20)15(18-13)12-6-4-3-5-7-12/h3-7,11,15H,8-10H2,1-2H3/t15-,17+/m0/s1. The molecule has 2 aliphatic rings. The van der Waals surface area contributed by atoms with Crippen LogP contribution in [0.3, 0.4) is 0 Å². The molecule has 0 aliphatic carbocycles. The van der Waals surface area contributed by atoms with E-state index in [1.165, 1.54) is 0 Å². The molecule has 2 atom stereocenters. The van der Waals surface area contributed by atoms with Crippen molar-refractivity contribution in [1.29, 1.82) is 0 Å². The summed E-state index contributed by atoms with van der Waals surface area (Å²) in [5.41, 5.74) is 0.835. The topological polar surface area (TPSA) is 55.7 Å². The molecule has 0 radical (unpaired) electrons. The molecule has 1 fully saturated rings. The number of hydrogen-bond donors (Lipinski definition) is 0. The van der Waals surface area contributed by atoms with Crippen molar-refractivity contribution in [3.05, 3.63) is 35.9 Å². The molecule has 21 heavy (non-hydrogen) atoms. The molecule has 2 heterocycles. The Bertz CT molecular complexity index is 606. The molecule has 0 aromatic heterocycles. The summed E-state index contributed by atoms with van der Waals surface area (Å²) in [5, 5.41) is 0. The third-order valence-corrected chi connectivity index (χ3v) is 4.40. The number of hydrogen-bond acceptors (Lipinski definition) is 4. The van der Waals surface area contributed by atoms with E-state index in [1.807, 2.05) is 44.2 Å². The van der Waals surface area contributed by atoms with E-state index in [0.29, 0.717) is 25.2 Å². The van der Waals surface area contributed by atoms with Crippen LogP contribution in [0.25, 0.3) is 0 Å². The molecular formula is C17H19NO3. The zero-order valence-corrected chi connectivity index (χ0v) is 12.3. The Kier molecular flexibility index (Phi) is 3.40. The van der Waals surface area contributed by atoms with Crippen LogP contribution in [-0.4, -0.2) is 24.1 Å². The van der Waals surface area contributed by atoms with Crippen molar-refractivity contribution in [3.63, 3.8) is 0 Å². The van der Waals surface area contributed by atoms with Crippen molar-refractivity contribution in [3.8, 4) is 0 Å². The molecule has 4 nitrogen and oxygen atoms in total. The molecule has 0 bridgehead atoms. The van der Waals surface area contributed by atoms with Gasteiger partial charge in [-0.1, -0.05) is 44.2 Å². The van der Waals surface area contributed by atoms with E-state index in [4.69, 9.17) is 4.74 Å². The summed E-state index contributed by atoms with van der Waals surface area (Å²) in [6, 6.07) is 9.42. The van der Waals surface area contributed by atoms with E-state index >= 15 is 0 Å². The SMILES string of the molecule is CC(C)C(=O)C1=N[C@@H](c2ccccc2)[C@@]2(CCOC2=O)C1. The minimum Gasteiger partial charge on any atom is -0.465 e. The lowest BCUT2D eigenvalue weighted by Gasteiger charge is -2.25. The van der Waals surface area contributed by atoms with Crippen LogP contribution >= 0.6 is 0 Å². The second-order valence-electron chi connectivity index (χ2n) is 6.13. The first-order chi connectivity index (χ1) is 10.0. The van der Waals surface area contributed by atoms with Crippen LogP contribution in [0.15, 0.2) is 35.3 Å². The van der Waals surface area contributed by atoms with E-state index in [-0.39, 0.29) is 23.7 Å². The van der Waals surface area contributed by atoms with Crippen LogP contribution in [-0.2, 0) is 14.3 Å². The summed E-state index contributed by atoms with van der Waals surface area (Å²) in [5.74, 6) is -0.285. The Hall–Kier alpha value is -1.97. The van der Waals surface area contributed by atoms with Gasteiger partial charge in [-0.15, -0.1) is 0 Å².